The number of nitrogens with one attached hydrogen (secondary N) is 2. The lowest BCUT2D eigenvalue weighted by Gasteiger charge is -2.13. The van der Waals surface area contributed by atoms with Gasteiger partial charge in [0.25, 0.3) is 5.91 Å². The minimum atomic E-state index is -0.395. The largest absolute Gasteiger partial charge is 0.404 e. The summed E-state index contributed by atoms with van der Waals surface area (Å²) in [6, 6.07) is 6.91. The third kappa shape index (κ3) is 5.39. The second kappa shape index (κ2) is 8.93. The van der Waals surface area contributed by atoms with Gasteiger partial charge in [0.1, 0.15) is 16.8 Å². The van der Waals surface area contributed by atoms with Gasteiger partial charge in [-0.15, -0.1) is 0 Å². The molecule has 0 aliphatic rings. The Morgan fingerprint density at radius 1 is 1.27 bits per heavy atom. The molecule has 2 rings (SSSR count). The van der Waals surface area contributed by atoms with Crippen LogP contribution in [0.4, 0.5) is 11.5 Å². The average molecular weight is 410 g/mol. The average Bonchev–Trinajstić information content (AvgIpc) is 2.55. The van der Waals surface area contributed by atoms with E-state index in [4.69, 9.17) is 28.9 Å². The van der Waals surface area contributed by atoms with Crippen molar-refractivity contribution in [2.75, 3.05) is 10.6 Å². The SMILES string of the molecule is C=C(Nc1cc(Cl)nc(C)n1)S/C(=C\N)C(=O)Nc1c(C)cccc1Cl. The van der Waals surface area contributed by atoms with Crippen LogP contribution in [-0.2, 0) is 4.79 Å². The highest BCUT2D eigenvalue weighted by atomic mass is 35.5. The van der Waals surface area contributed by atoms with Crippen LogP contribution in [0.15, 0.2) is 47.0 Å². The third-order valence-electron chi connectivity index (χ3n) is 3.14. The number of aryl methyl sites for hydroxylation is 2. The molecular weight excluding hydrogens is 393 g/mol. The van der Waals surface area contributed by atoms with Gasteiger partial charge in [-0.05, 0) is 25.5 Å². The summed E-state index contributed by atoms with van der Waals surface area (Å²) in [5, 5.41) is 6.92. The number of para-hydroxylation sites is 1. The highest BCUT2D eigenvalue weighted by molar-refractivity contribution is 8.07. The summed E-state index contributed by atoms with van der Waals surface area (Å²) < 4.78 is 0. The molecule has 9 heteroatoms. The van der Waals surface area contributed by atoms with E-state index in [1.54, 1.807) is 19.1 Å². The van der Waals surface area contributed by atoms with E-state index in [0.717, 1.165) is 17.3 Å². The number of rotatable bonds is 6. The fourth-order valence-electron chi connectivity index (χ4n) is 2.02. The molecule has 0 atom stereocenters. The maximum absolute atomic E-state index is 12.5. The summed E-state index contributed by atoms with van der Waals surface area (Å²) in [7, 11) is 0. The molecule has 1 amide bonds. The molecule has 0 radical (unpaired) electrons. The van der Waals surface area contributed by atoms with Crippen molar-refractivity contribution in [2.45, 2.75) is 13.8 Å². The highest BCUT2D eigenvalue weighted by Crippen LogP contribution is 2.29. The molecule has 1 aromatic heterocycles. The normalized spacial score (nSPS) is 11.2. The van der Waals surface area contributed by atoms with Gasteiger partial charge in [-0.3, -0.25) is 4.79 Å². The monoisotopic (exact) mass is 409 g/mol. The fraction of sp³-hybridized carbons (Fsp3) is 0.118. The molecule has 0 fully saturated rings. The first-order chi connectivity index (χ1) is 12.3. The molecule has 1 aromatic carbocycles. The van der Waals surface area contributed by atoms with Crippen molar-refractivity contribution in [3.8, 4) is 0 Å². The van der Waals surface area contributed by atoms with Gasteiger partial charge < -0.3 is 16.4 Å². The molecule has 0 spiro atoms. The minimum absolute atomic E-state index is 0.249. The maximum atomic E-state index is 12.5. The summed E-state index contributed by atoms with van der Waals surface area (Å²) >= 11 is 13.1. The van der Waals surface area contributed by atoms with Crippen LogP contribution in [0.1, 0.15) is 11.4 Å². The van der Waals surface area contributed by atoms with Crippen LogP contribution in [0.2, 0.25) is 10.2 Å². The van der Waals surface area contributed by atoms with E-state index < -0.39 is 5.91 Å². The number of benzene rings is 1. The second-order valence-electron chi connectivity index (χ2n) is 5.19. The van der Waals surface area contributed by atoms with Crippen LogP contribution in [0, 0.1) is 13.8 Å². The number of nitrogens with zero attached hydrogens (tertiary/aromatic N) is 2. The minimum Gasteiger partial charge on any atom is -0.404 e. The van der Waals surface area contributed by atoms with E-state index in [0.29, 0.717) is 32.5 Å². The van der Waals surface area contributed by atoms with Crippen LogP contribution in [0.25, 0.3) is 0 Å². The van der Waals surface area contributed by atoms with Crippen molar-refractivity contribution in [1.82, 2.24) is 9.97 Å². The Morgan fingerprint density at radius 3 is 2.62 bits per heavy atom. The van der Waals surface area contributed by atoms with E-state index >= 15 is 0 Å². The van der Waals surface area contributed by atoms with Crippen LogP contribution >= 0.6 is 35.0 Å². The number of halogens is 2. The molecule has 4 N–H and O–H groups in total. The molecule has 1 heterocycles. The first-order valence-corrected chi connectivity index (χ1v) is 9.00. The topological polar surface area (TPSA) is 92.9 Å². The van der Waals surface area contributed by atoms with Crippen LogP contribution in [0.5, 0.6) is 0 Å². The lowest BCUT2D eigenvalue weighted by atomic mass is 10.2. The zero-order valence-electron chi connectivity index (χ0n) is 14.1. The Labute approximate surface area is 165 Å². The molecule has 0 bridgehead atoms. The zero-order chi connectivity index (χ0) is 19.3. The number of amides is 1. The second-order valence-corrected chi connectivity index (χ2v) is 7.12. The Balaban J connectivity index is 2.06. The molecule has 0 aliphatic heterocycles. The van der Waals surface area contributed by atoms with Gasteiger partial charge in [-0.25, -0.2) is 9.97 Å². The molecule has 6 nitrogen and oxygen atoms in total. The Morgan fingerprint density at radius 2 is 2.00 bits per heavy atom. The fourth-order valence-corrected chi connectivity index (χ4v) is 3.15. The standard InChI is InChI=1S/C17H17Cl2N5OS/c1-9-5-4-6-12(18)16(9)24-17(25)13(8-20)26-11(3)23-15-7-14(19)21-10(2)22-15/h4-8H,3,20H2,1-2H3,(H,24,25)(H,21,22,23)/b13-8-. The van der Waals surface area contributed by atoms with Crippen molar-refractivity contribution in [2.24, 2.45) is 5.73 Å². The summed E-state index contributed by atoms with van der Waals surface area (Å²) in [5.74, 6) is 0.589. The molecule has 0 unspecified atom stereocenters. The third-order valence-corrected chi connectivity index (χ3v) is 4.54. The molecule has 0 saturated carbocycles. The lowest BCUT2D eigenvalue weighted by molar-refractivity contribution is -0.112. The van der Waals surface area contributed by atoms with E-state index in [9.17, 15) is 4.79 Å². The Kier molecular flexibility index (Phi) is 6.90. The van der Waals surface area contributed by atoms with Gasteiger partial charge in [0.05, 0.1) is 20.6 Å². The van der Waals surface area contributed by atoms with Crippen molar-refractivity contribution in [3.05, 3.63) is 68.5 Å². The van der Waals surface area contributed by atoms with Gasteiger partial charge in [0.2, 0.25) is 0 Å². The number of carbonyl (C=O) groups is 1. The molecule has 136 valence electrons. The van der Waals surface area contributed by atoms with Crippen molar-refractivity contribution in [1.29, 1.82) is 0 Å². The van der Waals surface area contributed by atoms with Gasteiger partial charge in [-0.2, -0.15) is 0 Å². The first kappa shape index (κ1) is 20.1. The summed E-state index contributed by atoms with van der Waals surface area (Å²) in [6.07, 6.45) is 1.21. The van der Waals surface area contributed by atoms with Gasteiger partial charge >= 0.3 is 0 Å². The summed E-state index contributed by atoms with van der Waals surface area (Å²) in [6.45, 7) is 7.44. The Bertz CT molecular complexity index is 845. The van der Waals surface area contributed by atoms with Gasteiger partial charge in [-0.1, -0.05) is 53.7 Å². The smallest absolute Gasteiger partial charge is 0.264 e. The molecule has 0 aliphatic carbocycles. The highest BCUT2D eigenvalue weighted by Gasteiger charge is 2.15. The van der Waals surface area contributed by atoms with Crippen LogP contribution in [0.3, 0.4) is 0 Å². The zero-order valence-corrected chi connectivity index (χ0v) is 16.5. The maximum Gasteiger partial charge on any atom is 0.264 e. The van der Waals surface area contributed by atoms with Gasteiger partial charge in [0.15, 0.2) is 0 Å². The number of hydrogen-bond donors (Lipinski definition) is 3. The van der Waals surface area contributed by atoms with E-state index in [1.807, 2.05) is 19.1 Å². The molecule has 0 saturated heterocycles. The first-order valence-electron chi connectivity index (χ1n) is 7.43. The lowest BCUT2D eigenvalue weighted by Crippen LogP contribution is -2.15. The number of thioether (sulfide) groups is 1. The number of nitrogens with two attached hydrogens (primary N) is 1. The number of carbonyl (C=O) groups excluding carboxylic acids is 1. The predicted molar refractivity (Wildman–Crippen MR) is 109 cm³/mol. The summed E-state index contributed by atoms with van der Waals surface area (Å²) in [4.78, 5) is 20.9. The summed E-state index contributed by atoms with van der Waals surface area (Å²) in [5.41, 5.74) is 6.98. The van der Waals surface area contributed by atoms with Crippen molar-refractivity contribution < 1.29 is 4.79 Å². The predicted octanol–water partition coefficient (Wildman–Crippen LogP) is 4.46. The van der Waals surface area contributed by atoms with Gasteiger partial charge in [0, 0.05) is 12.3 Å². The van der Waals surface area contributed by atoms with E-state index in [1.165, 1.54) is 6.20 Å². The Hall–Kier alpha value is -2.22. The quantitative estimate of drug-likeness (QED) is 0.481. The van der Waals surface area contributed by atoms with Crippen LogP contribution in [-0.4, -0.2) is 15.9 Å². The number of hydrogen-bond acceptors (Lipinski definition) is 6. The van der Waals surface area contributed by atoms with Crippen molar-refractivity contribution >= 4 is 52.4 Å². The van der Waals surface area contributed by atoms with Crippen molar-refractivity contribution in [3.63, 3.8) is 0 Å². The molecular formula is C17H17Cl2N5OS. The van der Waals surface area contributed by atoms with E-state index in [-0.39, 0.29) is 4.91 Å². The number of anilines is 2. The van der Waals surface area contributed by atoms with E-state index in [2.05, 4.69) is 27.2 Å². The van der Waals surface area contributed by atoms with Crippen LogP contribution < -0.4 is 16.4 Å². The molecule has 26 heavy (non-hydrogen) atoms. The molecule has 2 aromatic rings. The number of aromatic nitrogens is 2.